The van der Waals surface area contributed by atoms with Crippen molar-refractivity contribution in [2.45, 2.75) is 32.1 Å². The van der Waals surface area contributed by atoms with Gasteiger partial charge in [0.05, 0.1) is 17.7 Å². The van der Waals surface area contributed by atoms with Gasteiger partial charge < -0.3 is 9.64 Å². The van der Waals surface area contributed by atoms with E-state index < -0.39 is 0 Å². The van der Waals surface area contributed by atoms with Crippen molar-refractivity contribution in [3.05, 3.63) is 59.7 Å². The van der Waals surface area contributed by atoms with Crippen molar-refractivity contribution >= 4 is 17.5 Å². The van der Waals surface area contributed by atoms with Crippen molar-refractivity contribution < 1.29 is 14.3 Å². The van der Waals surface area contributed by atoms with Gasteiger partial charge in [0.1, 0.15) is 5.75 Å². The maximum absolute atomic E-state index is 12.5. The van der Waals surface area contributed by atoms with E-state index in [1.165, 1.54) is 37.0 Å². The summed E-state index contributed by atoms with van der Waals surface area (Å²) in [6, 6.07) is 15.0. The molecular formula is C24H28N2O3. The molecule has 2 aromatic rings. The van der Waals surface area contributed by atoms with E-state index in [1.807, 2.05) is 31.3 Å². The number of fused-ring (bicyclic) bond motifs is 1. The van der Waals surface area contributed by atoms with E-state index in [0.717, 1.165) is 18.0 Å². The zero-order valence-corrected chi connectivity index (χ0v) is 17.0. The number of hydrogen-bond acceptors (Lipinski definition) is 4. The first-order valence-electron chi connectivity index (χ1n) is 10.5. The van der Waals surface area contributed by atoms with Gasteiger partial charge >= 0.3 is 0 Å². The van der Waals surface area contributed by atoms with E-state index in [1.54, 1.807) is 24.3 Å². The number of carbonyl (C=O) groups is 2. The number of amides is 2. The van der Waals surface area contributed by atoms with Gasteiger partial charge in [-0.2, -0.15) is 0 Å². The van der Waals surface area contributed by atoms with Crippen LogP contribution in [-0.2, 0) is 0 Å². The van der Waals surface area contributed by atoms with Gasteiger partial charge in [-0.15, -0.1) is 0 Å². The Kier molecular flexibility index (Phi) is 5.84. The number of anilines is 1. The van der Waals surface area contributed by atoms with E-state index in [0.29, 0.717) is 30.1 Å². The van der Waals surface area contributed by atoms with Crippen LogP contribution in [0.2, 0.25) is 0 Å². The second-order valence-electron chi connectivity index (χ2n) is 8.04. The molecule has 2 amide bonds. The summed E-state index contributed by atoms with van der Waals surface area (Å²) in [4.78, 5) is 28.4. The summed E-state index contributed by atoms with van der Waals surface area (Å²) in [5.74, 6) is 1.13. The first kappa shape index (κ1) is 19.5. The lowest BCUT2D eigenvalue weighted by Crippen LogP contribution is -2.37. The third-order valence-electron chi connectivity index (χ3n) is 6.01. The number of carbonyl (C=O) groups excluding carboxylic acids is 2. The van der Waals surface area contributed by atoms with Gasteiger partial charge in [-0.05, 0) is 43.0 Å². The average Bonchev–Trinajstić information content (AvgIpc) is 3.01. The van der Waals surface area contributed by atoms with Gasteiger partial charge in [0.25, 0.3) is 11.8 Å². The molecular weight excluding hydrogens is 364 g/mol. The molecule has 0 unspecified atom stereocenters. The molecule has 1 fully saturated rings. The minimum absolute atomic E-state index is 0.205. The molecule has 1 saturated carbocycles. The third kappa shape index (κ3) is 4.29. The minimum atomic E-state index is -0.205. The molecule has 0 aromatic heterocycles. The van der Waals surface area contributed by atoms with Crippen LogP contribution in [0.3, 0.4) is 0 Å². The highest BCUT2D eigenvalue weighted by molar-refractivity contribution is 6.21. The molecule has 0 atom stereocenters. The van der Waals surface area contributed by atoms with Gasteiger partial charge in [0.15, 0.2) is 0 Å². The van der Waals surface area contributed by atoms with Crippen LogP contribution in [0.25, 0.3) is 0 Å². The van der Waals surface area contributed by atoms with Crippen molar-refractivity contribution in [2.24, 2.45) is 5.92 Å². The Labute approximate surface area is 172 Å². The molecule has 0 saturated heterocycles. The van der Waals surface area contributed by atoms with E-state index in [2.05, 4.69) is 4.90 Å². The molecule has 1 aliphatic carbocycles. The number of benzene rings is 2. The molecule has 1 aliphatic heterocycles. The molecule has 1 heterocycles. The first-order valence-corrected chi connectivity index (χ1v) is 10.5. The van der Waals surface area contributed by atoms with Gasteiger partial charge in [0.2, 0.25) is 0 Å². The third-order valence-corrected chi connectivity index (χ3v) is 6.01. The Morgan fingerprint density at radius 2 is 1.66 bits per heavy atom. The molecule has 2 aromatic carbocycles. The van der Waals surface area contributed by atoms with Crippen molar-refractivity contribution in [2.75, 3.05) is 31.6 Å². The summed E-state index contributed by atoms with van der Waals surface area (Å²) < 4.78 is 6.05. The Morgan fingerprint density at radius 1 is 0.966 bits per heavy atom. The van der Waals surface area contributed by atoms with Gasteiger partial charge in [-0.3, -0.25) is 14.5 Å². The molecule has 0 radical (unpaired) electrons. The van der Waals surface area contributed by atoms with E-state index in [4.69, 9.17) is 4.74 Å². The fraction of sp³-hybridized carbons (Fsp3) is 0.417. The molecule has 4 rings (SSSR count). The van der Waals surface area contributed by atoms with Crippen LogP contribution < -0.4 is 9.64 Å². The predicted molar refractivity (Wildman–Crippen MR) is 114 cm³/mol. The van der Waals surface area contributed by atoms with E-state index in [-0.39, 0.29) is 11.8 Å². The monoisotopic (exact) mass is 392 g/mol. The van der Waals surface area contributed by atoms with Crippen LogP contribution in [0.1, 0.15) is 52.8 Å². The molecule has 0 N–H and O–H groups in total. The lowest BCUT2D eigenvalue weighted by atomic mass is 9.90. The lowest BCUT2D eigenvalue weighted by molar-refractivity contribution is 0.0658. The zero-order chi connectivity index (χ0) is 20.2. The van der Waals surface area contributed by atoms with Crippen molar-refractivity contribution in [3.8, 4) is 5.75 Å². The van der Waals surface area contributed by atoms with Gasteiger partial charge in [0, 0.05) is 31.9 Å². The topological polar surface area (TPSA) is 49.9 Å². The standard InChI is InChI=1S/C24H28N2O3/c1-25(14-15-26-23(27)21-12-5-6-13-22(21)24(26)28)19-10-7-11-20(16-19)29-17-18-8-3-2-4-9-18/h5-7,10-13,16,18H,2-4,8-9,14-15,17H2,1H3. The van der Waals surface area contributed by atoms with E-state index >= 15 is 0 Å². The number of ether oxygens (including phenoxy) is 1. The summed E-state index contributed by atoms with van der Waals surface area (Å²) >= 11 is 0. The average molecular weight is 392 g/mol. The maximum Gasteiger partial charge on any atom is 0.261 e. The van der Waals surface area contributed by atoms with Crippen LogP contribution in [0.5, 0.6) is 5.75 Å². The van der Waals surface area contributed by atoms with Crippen molar-refractivity contribution in [1.82, 2.24) is 4.90 Å². The number of imide groups is 1. The maximum atomic E-state index is 12.5. The quantitative estimate of drug-likeness (QED) is 0.656. The number of rotatable bonds is 7. The molecule has 152 valence electrons. The Bertz CT molecular complexity index is 854. The van der Waals surface area contributed by atoms with Gasteiger partial charge in [-0.1, -0.05) is 37.5 Å². The Balaban J connectivity index is 1.33. The number of nitrogens with zero attached hydrogens (tertiary/aromatic N) is 2. The number of hydrogen-bond donors (Lipinski definition) is 0. The summed E-state index contributed by atoms with van der Waals surface area (Å²) in [5.41, 5.74) is 2.01. The van der Waals surface area contributed by atoms with Crippen LogP contribution in [-0.4, -0.2) is 43.5 Å². The highest BCUT2D eigenvalue weighted by Crippen LogP contribution is 2.27. The molecule has 29 heavy (non-hydrogen) atoms. The van der Waals surface area contributed by atoms with Crippen LogP contribution in [0, 0.1) is 5.92 Å². The minimum Gasteiger partial charge on any atom is -0.493 e. The van der Waals surface area contributed by atoms with Gasteiger partial charge in [-0.25, -0.2) is 0 Å². The summed E-state index contributed by atoms with van der Waals surface area (Å²) in [7, 11) is 1.97. The fourth-order valence-corrected chi connectivity index (χ4v) is 4.20. The fourth-order valence-electron chi connectivity index (χ4n) is 4.20. The predicted octanol–water partition coefficient (Wildman–Crippen LogP) is 4.38. The number of likely N-dealkylation sites (N-methyl/N-ethyl adjacent to an activating group) is 1. The van der Waals surface area contributed by atoms with Crippen LogP contribution >= 0.6 is 0 Å². The smallest absolute Gasteiger partial charge is 0.261 e. The summed E-state index contributed by atoms with van der Waals surface area (Å²) in [5, 5.41) is 0. The Hall–Kier alpha value is -2.82. The summed E-state index contributed by atoms with van der Waals surface area (Å²) in [6.07, 6.45) is 6.51. The normalized spacial score (nSPS) is 16.8. The van der Waals surface area contributed by atoms with Crippen molar-refractivity contribution in [1.29, 1.82) is 0 Å². The molecule has 5 nitrogen and oxygen atoms in total. The first-order chi connectivity index (χ1) is 14.1. The molecule has 2 aliphatic rings. The molecule has 5 heteroatoms. The second kappa shape index (κ2) is 8.68. The SMILES string of the molecule is CN(CCN1C(=O)c2ccccc2C1=O)c1cccc(OCC2CCCCC2)c1. The highest BCUT2D eigenvalue weighted by Gasteiger charge is 2.34. The molecule has 0 spiro atoms. The second-order valence-corrected chi connectivity index (χ2v) is 8.04. The highest BCUT2D eigenvalue weighted by atomic mass is 16.5. The lowest BCUT2D eigenvalue weighted by Gasteiger charge is -2.24. The summed E-state index contributed by atoms with van der Waals surface area (Å²) in [6.45, 7) is 1.70. The largest absolute Gasteiger partial charge is 0.493 e. The zero-order valence-electron chi connectivity index (χ0n) is 17.0. The van der Waals surface area contributed by atoms with E-state index in [9.17, 15) is 9.59 Å². The van der Waals surface area contributed by atoms with Crippen LogP contribution in [0.4, 0.5) is 5.69 Å². The van der Waals surface area contributed by atoms with Crippen LogP contribution in [0.15, 0.2) is 48.5 Å². The Morgan fingerprint density at radius 3 is 2.34 bits per heavy atom. The van der Waals surface area contributed by atoms with Crippen molar-refractivity contribution in [3.63, 3.8) is 0 Å². The molecule has 0 bridgehead atoms.